The topological polar surface area (TPSA) is 50.7 Å². The standard InChI is InChI=1S/C18H19ClN2O2S/c1-12(8-16-6-3-7-24-16)20-18(22)17-11-15(21-23-17)10-13-4-2-5-14(19)9-13/h2-7,9,12,17H,8,10-11H2,1H3,(H,20,22). The summed E-state index contributed by atoms with van der Waals surface area (Å²) in [4.78, 5) is 18.9. The maximum Gasteiger partial charge on any atom is 0.264 e. The van der Waals surface area contributed by atoms with Crippen molar-refractivity contribution in [2.75, 3.05) is 0 Å². The number of hydrogen-bond donors (Lipinski definition) is 1. The maximum atomic E-state index is 12.3. The van der Waals surface area contributed by atoms with Crippen LogP contribution < -0.4 is 5.32 Å². The summed E-state index contributed by atoms with van der Waals surface area (Å²) in [5.41, 5.74) is 1.93. The lowest BCUT2D eigenvalue weighted by Gasteiger charge is -2.15. The summed E-state index contributed by atoms with van der Waals surface area (Å²) in [6.45, 7) is 2.00. The van der Waals surface area contributed by atoms with Crippen LogP contribution in [0.2, 0.25) is 5.02 Å². The number of amides is 1. The third-order valence-electron chi connectivity index (χ3n) is 3.80. The summed E-state index contributed by atoms with van der Waals surface area (Å²) in [5, 5.41) is 9.80. The van der Waals surface area contributed by atoms with Crippen molar-refractivity contribution in [3.8, 4) is 0 Å². The molecule has 1 aliphatic rings. The van der Waals surface area contributed by atoms with Gasteiger partial charge in [0.15, 0.2) is 0 Å². The third-order valence-corrected chi connectivity index (χ3v) is 4.93. The molecule has 1 aliphatic heterocycles. The summed E-state index contributed by atoms with van der Waals surface area (Å²) in [6, 6.07) is 11.8. The van der Waals surface area contributed by atoms with Gasteiger partial charge in [-0.3, -0.25) is 4.79 Å². The Bertz CT molecular complexity index is 730. The zero-order valence-electron chi connectivity index (χ0n) is 13.4. The van der Waals surface area contributed by atoms with Crippen LogP contribution in [0.5, 0.6) is 0 Å². The number of halogens is 1. The van der Waals surface area contributed by atoms with Crippen LogP contribution in [0.1, 0.15) is 23.8 Å². The second-order valence-corrected chi connectivity index (χ2v) is 7.42. The molecule has 0 saturated heterocycles. The van der Waals surface area contributed by atoms with Gasteiger partial charge < -0.3 is 10.2 Å². The van der Waals surface area contributed by atoms with Gasteiger partial charge in [0, 0.05) is 35.2 Å². The molecule has 2 heterocycles. The molecule has 126 valence electrons. The van der Waals surface area contributed by atoms with E-state index in [0.717, 1.165) is 17.7 Å². The quantitative estimate of drug-likeness (QED) is 0.848. The molecule has 0 saturated carbocycles. The van der Waals surface area contributed by atoms with E-state index in [0.29, 0.717) is 17.9 Å². The third kappa shape index (κ3) is 4.58. The molecule has 2 atom stereocenters. The SMILES string of the molecule is CC(Cc1cccs1)NC(=O)C1CC(Cc2cccc(Cl)c2)=NO1. The van der Waals surface area contributed by atoms with Crippen LogP contribution in [0.15, 0.2) is 46.9 Å². The van der Waals surface area contributed by atoms with E-state index in [-0.39, 0.29) is 11.9 Å². The zero-order chi connectivity index (χ0) is 16.9. The van der Waals surface area contributed by atoms with Crippen molar-refractivity contribution in [2.24, 2.45) is 5.16 Å². The van der Waals surface area contributed by atoms with Crippen LogP contribution in [0.3, 0.4) is 0 Å². The number of nitrogens with zero attached hydrogens (tertiary/aromatic N) is 1. The van der Waals surface area contributed by atoms with E-state index in [1.807, 2.05) is 42.6 Å². The van der Waals surface area contributed by atoms with Gasteiger partial charge in [0.2, 0.25) is 6.10 Å². The van der Waals surface area contributed by atoms with Crippen molar-refractivity contribution in [2.45, 2.75) is 38.3 Å². The van der Waals surface area contributed by atoms with Gasteiger partial charge in [-0.1, -0.05) is 35.0 Å². The van der Waals surface area contributed by atoms with E-state index in [1.165, 1.54) is 4.88 Å². The molecule has 2 aromatic rings. The van der Waals surface area contributed by atoms with Crippen molar-refractivity contribution in [3.63, 3.8) is 0 Å². The average Bonchev–Trinajstić information content (AvgIpc) is 3.19. The van der Waals surface area contributed by atoms with Gasteiger partial charge in [-0.2, -0.15) is 0 Å². The Hall–Kier alpha value is -1.85. The molecule has 1 N–H and O–H groups in total. The number of carbonyl (C=O) groups excluding carboxylic acids is 1. The fourth-order valence-electron chi connectivity index (χ4n) is 2.67. The number of nitrogens with one attached hydrogen (secondary N) is 1. The predicted molar refractivity (Wildman–Crippen MR) is 97.7 cm³/mol. The van der Waals surface area contributed by atoms with E-state index in [9.17, 15) is 4.79 Å². The van der Waals surface area contributed by atoms with Gasteiger partial charge in [-0.15, -0.1) is 11.3 Å². The second-order valence-electron chi connectivity index (χ2n) is 5.96. The molecule has 6 heteroatoms. The first-order chi connectivity index (χ1) is 11.6. The number of thiophene rings is 1. The van der Waals surface area contributed by atoms with E-state index in [1.54, 1.807) is 11.3 Å². The number of hydrogen-bond acceptors (Lipinski definition) is 4. The highest BCUT2D eigenvalue weighted by atomic mass is 35.5. The van der Waals surface area contributed by atoms with Crippen LogP contribution in [-0.4, -0.2) is 23.8 Å². The average molecular weight is 363 g/mol. The molecule has 1 aromatic heterocycles. The van der Waals surface area contributed by atoms with Crippen molar-refractivity contribution < 1.29 is 9.63 Å². The number of benzene rings is 1. The molecule has 0 bridgehead atoms. The highest BCUT2D eigenvalue weighted by Crippen LogP contribution is 2.18. The number of rotatable bonds is 6. The van der Waals surface area contributed by atoms with Gasteiger partial charge in [0.05, 0.1) is 5.71 Å². The number of carbonyl (C=O) groups is 1. The second kappa shape index (κ2) is 7.81. The molecule has 24 heavy (non-hydrogen) atoms. The Morgan fingerprint density at radius 3 is 3.08 bits per heavy atom. The fourth-order valence-corrected chi connectivity index (χ4v) is 3.72. The van der Waals surface area contributed by atoms with Gasteiger partial charge in [0.1, 0.15) is 0 Å². The Labute approximate surface area is 150 Å². The van der Waals surface area contributed by atoms with Crippen molar-refractivity contribution in [1.29, 1.82) is 0 Å². The fraction of sp³-hybridized carbons (Fsp3) is 0.333. The highest BCUT2D eigenvalue weighted by molar-refractivity contribution is 7.09. The molecule has 2 unspecified atom stereocenters. The Balaban J connectivity index is 1.48. The molecule has 1 amide bonds. The molecular formula is C18H19ClN2O2S. The summed E-state index contributed by atoms with van der Waals surface area (Å²) in [7, 11) is 0. The molecule has 0 radical (unpaired) electrons. The summed E-state index contributed by atoms with van der Waals surface area (Å²) in [5.74, 6) is -0.107. The van der Waals surface area contributed by atoms with Gasteiger partial charge in [-0.05, 0) is 36.1 Å². The first kappa shape index (κ1) is 17.0. The lowest BCUT2D eigenvalue weighted by Crippen LogP contribution is -2.41. The summed E-state index contributed by atoms with van der Waals surface area (Å²) >= 11 is 7.69. The van der Waals surface area contributed by atoms with Crippen LogP contribution >= 0.6 is 22.9 Å². The van der Waals surface area contributed by atoms with Crippen LogP contribution in [0.25, 0.3) is 0 Å². The Morgan fingerprint density at radius 1 is 1.46 bits per heavy atom. The molecule has 0 fully saturated rings. The molecule has 0 spiro atoms. The Morgan fingerprint density at radius 2 is 2.33 bits per heavy atom. The van der Waals surface area contributed by atoms with Gasteiger partial charge in [0.25, 0.3) is 5.91 Å². The largest absolute Gasteiger partial charge is 0.382 e. The maximum absolute atomic E-state index is 12.3. The summed E-state index contributed by atoms with van der Waals surface area (Å²) in [6.07, 6.45) is 1.45. The summed E-state index contributed by atoms with van der Waals surface area (Å²) < 4.78 is 0. The molecule has 0 aliphatic carbocycles. The lowest BCUT2D eigenvalue weighted by atomic mass is 10.0. The minimum absolute atomic E-state index is 0.0664. The van der Waals surface area contributed by atoms with Crippen LogP contribution in [0, 0.1) is 0 Å². The number of oxime groups is 1. The van der Waals surface area contributed by atoms with Crippen molar-refractivity contribution >= 4 is 34.6 Å². The van der Waals surface area contributed by atoms with Gasteiger partial charge >= 0.3 is 0 Å². The predicted octanol–water partition coefficient (Wildman–Crippen LogP) is 3.84. The molecule has 3 rings (SSSR count). The molecular weight excluding hydrogens is 344 g/mol. The first-order valence-electron chi connectivity index (χ1n) is 7.89. The smallest absolute Gasteiger partial charge is 0.264 e. The Kier molecular flexibility index (Phi) is 5.53. The van der Waals surface area contributed by atoms with Gasteiger partial charge in [-0.25, -0.2) is 0 Å². The van der Waals surface area contributed by atoms with Crippen molar-refractivity contribution in [1.82, 2.24) is 5.32 Å². The molecule has 1 aromatic carbocycles. The lowest BCUT2D eigenvalue weighted by molar-refractivity contribution is -0.131. The zero-order valence-corrected chi connectivity index (χ0v) is 14.9. The monoisotopic (exact) mass is 362 g/mol. The minimum Gasteiger partial charge on any atom is -0.382 e. The van der Waals surface area contributed by atoms with E-state index < -0.39 is 6.10 Å². The normalized spacial score (nSPS) is 17.9. The minimum atomic E-state index is -0.537. The van der Waals surface area contributed by atoms with Crippen LogP contribution in [-0.2, 0) is 22.5 Å². The first-order valence-corrected chi connectivity index (χ1v) is 9.14. The van der Waals surface area contributed by atoms with Crippen LogP contribution in [0.4, 0.5) is 0 Å². The van der Waals surface area contributed by atoms with E-state index in [4.69, 9.17) is 16.4 Å². The highest BCUT2D eigenvalue weighted by Gasteiger charge is 2.28. The van der Waals surface area contributed by atoms with Crippen molar-refractivity contribution in [3.05, 3.63) is 57.2 Å². The van der Waals surface area contributed by atoms with E-state index >= 15 is 0 Å². The van der Waals surface area contributed by atoms with E-state index in [2.05, 4.69) is 16.5 Å². The molecule has 4 nitrogen and oxygen atoms in total.